The first-order valence-corrected chi connectivity index (χ1v) is 7.46. The van der Waals surface area contributed by atoms with Gasteiger partial charge in [-0.15, -0.1) is 0 Å². The maximum Gasteiger partial charge on any atom is 0.267 e. The van der Waals surface area contributed by atoms with Gasteiger partial charge in [0, 0.05) is 18.7 Å². The van der Waals surface area contributed by atoms with Gasteiger partial charge in [-0.3, -0.25) is 4.79 Å². The molecule has 0 radical (unpaired) electrons. The van der Waals surface area contributed by atoms with Gasteiger partial charge in [0.15, 0.2) is 5.58 Å². The molecule has 3 rings (SSSR count). The van der Waals surface area contributed by atoms with E-state index in [1.807, 2.05) is 11.8 Å². The van der Waals surface area contributed by atoms with Crippen LogP contribution in [0.15, 0.2) is 22.8 Å². The summed E-state index contributed by atoms with van der Waals surface area (Å²) in [6.45, 7) is 0.298. The van der Waals surface area contributed by atoms with Crippen LogP contribution in [0.25, 0.3) is 11.1 Å². The maximum atomic E-state index is 12.0. The third-order valence-corrected chi connectivity index (χ3v) is 4.47. The van der Waals surface area contributed by atoms with Crippen molar-refractivity contribution >= 4 is 28.8 Å². The molecule has 2 aromatic rings. The summed E-state index contributed by atoms with van der Waals surface area (Å²) in [6, 6.07) is 3.45. The molecule has 6 heteroatoms. The van der Waals surface area contributed by atoms with Crippen molar-refractivity contribution in [2.24, 2.45) is 0 Å². The van der Waals surface area contributed by atoms with E-state index < -0.39 is 5.60 Å². The van der Waals surface area contributed by atoms with Gasteiger partial charge in [0.05, 0.1) is 17.4 Å². The topological polar surface area (TPSA) is 78.3 Å². The predicted octanol–water partition coefficient (Wildman–Crippen LogP) is 1.75. The van der Waals surface area contributed by atoms with Crippen LogP contribution >= 0.6 is 11.8 Å². The van der Waals surface area contributed by atoms with Crippen LogP contribution in [0.1, 0.15) is 23.3 Å². The fraction of sp³-hybridized carbons (Fsp3) is 0.462. The first-order valence-electron chi connectivity index (χ1n) is 6.31. The summed E-state index contributed by atoms with van der Waals surface area (Å²) in [5.41, 5.74) is 1.17. The number of hydrogen-bond donors (Lipinski definition) is 3. The molecule has 1 saturated heterocycles. The highest BCUT2D eigenvalue weighted by atomic mass is 32.2. The van der Waals surface area contributed by atoms with E-state index in [0.717, 1.165) is 29.9 Å². The molecule has 1 aliphatic heterocycles. The van der Waals surface area contributed by atoms with E-state index in [-0.39, 0.29) is 5.91 Å². The largest absolute Gasteiger partial charge is 0.463 e. The zero-order chi connectivity index (χ0) is 13.3. The molecule has 1 fully saturated rings. The van der Waals surface area contributed by atoms with E-state index in [2.05, 4.69) is 10.3 Å². The number of hydrogen-bond acceptors (Lipinski definition) is 4. The Morgan fingerprint density at radius 2 is 2.32 bits per heavy atom. The quantitative estimate of drug-likeness (QED) is 0.800. The average molecular weight is 280 g/mol. The van der Waals surface area contributed by atoms with Crippen molar-refractivity contribution in [3.05, 3.63) is 24.1 Å². The van der Waals surface area contributed by atoms with Crippen LogP contribution in [-0.4, -0.2) is 39.6 Å². The summed E-state index contributed by atoms with van der Waals surface area (Å²) >= 11 is 1.84. The zero-order valence-corrected chi connectivity index (χ0v) is 11.3. The molecule has 0 saturated carbocycles. The molecule has 0 aliphatic carbocycles. The van der Waals surface area contributed by atoms with E-state index in [1.165, 1.54) is 0 Å². The molecule has 0 atom stereocenters. The number of aromatic amines is 1. The maximum absolute atomic E-state index is 12.0. The van der Waals surface area contributed by atoms with Crippen molar-refractivity contribution in [2.45, 2.75) is 18.4 Å². The van der Waals surface area contributed by atoms with Crippen LogP contribution in [0.5, 0.6) is 0 Å². The van der Waals surface area contributed by atoms with Gasteiger partial charge in [-0.25, -0.2) is 0 Å². The first-order chi connectivity index (χ1) is 9.16. The summed E-state index contributed by atoms with van der Waals surface area (Å²) in [4.78, 5) is 15.0. The standard InChI is InChI=1S/C13H16N2O3S/c16-12(10-7-11-9(15-10)1-4-18-11)14-8-13(17)2-5-19-6-3-13/h1,4,7,15,17H,2-3,5-6,8H2,(H,14,16). The molecule has 5 nitrogen and oxygen atoms in total. The molecule has 0 unspecified atom stereocenters. The van der Waals surface area contributed by atoms with Crippen LogP contribution in [0.2, 0.25) is 0 Å². The Hall–Kier alpha value is -1.40. The van der Waals surface area contributed by atoms with Gasteiger partial charge >= 0.3 is 0 Å². The SMILES string of the molecule is O=C(NCC1(O)CCSCC1)c1cc2occc2[nH]1. The minimum Gasteiger partial charge on any atom is -0.463 e. The fourth-order valence-corrected chi connectivity index (χ4v) is 3.49. The van der Waals surface area contributed by atoms with Gasteiger partial charge in [-0.05, 0) is 24.3 Å². The van der Waals surface area contributed by atoms with E-state index in [4.69, 9.17) is 4.42 Å². The predicted molar refractivity (Wildman–Crippen MR) is 74.4 cm³/mol. The van der Waals surface area contributed by atoms with Crippen molar-refractivity contribution in [2.75, 3.05) is 18.1 Å². The number of aliphatic hydroxyl groups is 1. The number of amides is 1. The Labute approximate surface area is 114 Å². The Kier molecular flexibility index (Phi) is 3.28. The van der Waals surface area contributed by atoms with Gasteiger partial charge in [0.1, 0.15) is 5.69 Å². The zero-order valence-electron chi connectivity index (χ0n) is 10.4. The van der Waals surface area contributed by atoms with Crippen LogP contribution in [-0.2, 0) is 0 Å². The second-order valence-corrected chi connectivity index (χ2v) is 6.13. The Bertz CT molecular complexity index is 555. The minimum atomic E-state index is -0.757. The second-order valence-electron chi connectivity index (χ2n) is 4.90. The van der Waals surface area contributed by atoms with E-state index in [1.54, 1.807) is 18.4 Å². The van der Waals surface area contributed by atoms with E-state index >= 15 is 0 Å². The summed E-state index contributed by atoms with van der Waals surface area (Å²) in [5.74, 6) is 1.68. The van der Waals surface area contributed by atoms with E-state index in [0.29, 0.717) is 17.8 Å². The average Bonchev–Trinajstić information content (AvgIpc) is 2.97. The number of aromatic nitrogens is 1. The Balaban J connectivity index is 1.63. The van der Waals surface area contributed by atoms with Gasteiger partial charge in [-0.1, -0.05) is 0 Å². The number of furan rings is 1. The third kappa shape index (κ3) is 2.64. The summed E-state index contributed by atoms with van der Waals surface area (Å²) < 4.78 is 5.20. The molecular weight excluding hydrogens is 264 g/mol. The Morgan fingerprint density at radius 3 is 3.05 bits per heavy atom. The highest BCUT2D eigenvalue weighted by Crippen LogP contribution is 2.26. The van der Waals surface area contributed by atoms with Crippen LogP contribution in [0.3, 0.4) is 0 Å². The lowest BCUT2D eigenvalue weighted by atomic mass is 9.97. The number of H-pyrrole nitrogens is 1. The van der Waals surface area contributed by atoms with E-state index in [9.17, 15) is 9.90 Å². The van der Waals surface area contributed by atoms with Crippen LogP contribution in [0, 0.1) is 0 Å². The molecule has 0 aromatic carbocycles. The number of carbonyl (C=O) groups excluding carboxylic acids is 1. The monoisotopic (exact) mass is 280 g/mol. The smallest absolute Gasteiger partial charge is 0.267 e. The fourth-order valence-electron chi connectivity index (χ4n) is 2.24. The molecule has 2 aromatic heterocycles. The summed E-state index contributed by atoms with van der Waals surface area (Å²) in [7, 11) is 0. The van der Waals surface area contributed by atoms with Crippen molar-refractivity contribution in [1.29, 1.82) is 0 Å². The third-order valence-electron chi connectivity index (χ3n) is 3.49. The molecular formula is C13H16N2O3S. The highest BCUT2D eigenvalue weighted by molar-refractivity contribution is 7.99. The number of thioether (sulfide) groups is 1. The lowest BCUT2D eigenvalue weighted by Crippen LogP contribution is -2.45. The van der Waals surface area contributed by atoms with Crippen molar-refractivity contribution in [3.63, 3.8) is 0 Å². The number of carbonyl (C=O) groups is 1. The molecule has 102 valence electrons. The van der Waals surface area contributed by atoms with Crippen molar-refractivity contribution in [1.82, 2.24) is 10.3 Å². The van der Waals surface area contributed by atoms with Gasteiger partial charge in [0.2, 0.25) is 0 Å². The number of nitrogens with one attached hydrogen (secondary N) is 2. The summed E-state index contributed by atoms with van der Waals surface area (Å²) in [5, 5.41) is 13.1. The van der Waals surface area contributed by atoms with Gasteiger partial charge < -0.3 is 19.8 Å². The Morgan fingerprint density at radius 1 is 1.53 bits per heavy atom. The van der Waals surface area contributed by atoms with Gasteiger partial charge in [-0.2, -0.15) is 11.8 Å². The molecule has 0 spiro atoms. The lowest BCUT2D eigenvalue weighted by Gasteiger charge is -2.31. The molecule has 3 N–H and O–H groups in total. The normalized spacial score (nSPS) is 18.6. The lowest BCUT2D eigenvalue weighted by molar-refractivity contribution is 0.0310. The molecule has 1 amide bonds. The molecule has 19 heavy (non-hydrogen) atoms. The van der Waals surface area contributed by atoms with Crippen molar-refractivity contribution in [3.8, 4) is 0 Å². The van der Waals surface area contributed by atoms with Crippen molar-refractivity contribution < 1.29 is 14.3 Å². The highest BCUT2D eigenvalue weighted by Gasteiger charge is 2.30. The van der Waals surface area contributed by atoms with Crippen LogP contribution < -0.4 is 5.32 Å². The molecule has 1 aliphatic rings. The number of rotatable bonds is 3. The summed E-state index contributed by atoms with van der Waals surface area (Å²) in [6.07, 6.45) is 3.03. The molecule has 3 heterocycles. The number of fused-ring (bicyclic) bond motifs is 1. The van der Waals surface area contributed by atoms with Crippen LogP contribution in [0.4, 0.5) is 0 Å². The second kappa shape index (κ2) is 4.94. The minimum absolute atomic E-state index is 0.210. The first kappa shape index (κ1) is 12.6. The van der Waals surface area contributed by atoms with Gasteiger partial charge in [0.25, 0.3) is 5.91 Å². The molecule has 0 bridgehead atoms.